The molecule has 0 saturated carbocycles. The van der Waals surface area contributed by atoms with Gasteiger partial charge >= 0.3 is 0 Å². The molecule has 0 fully saturated rings. The molecule has 5 nitrogen and oxygen atoms in total. The molecule has 1 unspecified atom stereocenters. The number of carbonyl (C=O) groups is 2. The largest absolute Gasteiger partial charge is 0.356 e. The van der Waals surface area contributed by atoms with Crippen molar-refractivity contribution in [3.8, 4) is 0 Å². The van der Waals surface area contributed by atoms with Crippen LogP contribution in [0.15, 0.2) is 28.7 Å². The van der Waals surface area contributed by atoms with Crippen LogP contribution in [0, 0.1) is 0 Å². The van der Waals surface area contributed by atoms with Crippen LogP contribution in [0.2, 0.25) is 0 Å². The summed E-state index contributed by atoms with van der Waals surface area (Å²) in [4.78, 5) is 23.2. The number of benzene rings is 1. The zero-order chi connectivity index (χ0) is 15.7. The van der Waals surface area contributed by atoms with Gasteiger partial charge in [-0.15, -0.1) is 12.4 Å². The molecule has 7 heteroatoms. The van der Waals surface area contributed by atoms with Gasteiger partial charge < -0.3 is 16.4 Å². The molecule has 0 aliphatic rings. The summed E-state index contributed by atoms with van der Waals surface area (Å²) in [7, 11) is 0. The first-order valence-electron chi connectivity index (χ1n) is 7.02. The van der Waals surface area contributed by atoms with Crippen molar-refractivity contribution < 1.29 is 9.59 Å². The predicted molar refractivity (Wildman–Crippen MR) is 93.9 cm³/mol. The minimum Gasteiger partial charge on any atom is -0.356 e. The molecule has 0 aliphatic carbocycles. The summed E-state index contributed by atoms with van der Waals surface area (Å²) in [6.07, 6.45) is 1.98. The first-order valence-corrected chi connectivity index (χ1v) is 7.81. The molecule has 0 spiro atoms. The van der Waals surface area contributed by atoms with Crippen molar-refractivity contribution >= 4 is 40.2 Å². The van der Waals surface area contributed by atoms with Crippen LogP contribution in [-0.4, -0.2) is 24.9 Å². The zero-order valence-electron chi connectivity index (χ0n) is 12.6. The van der Waals surface area contributed by atoms with Gasteiger partial charge in [0.25, 0.3) is 0 Å². The lowest BCUT2D eigenvalue weighted by molar-refractivity contribution is -0.122. The number of amides is 2. The van der Waals surface area contributed by atoms with Gasteiger partial charge in [0, 0.05) is 17.9 Å². The Labute approximate surface area is 145 Å². The third-order valence-electron chi connectivity index (χ3n) is 2.99. The Bertz CT molecular complexity index is 468. The van der Waals surface area contributed by atoms with Crippen molar-refractivity contribution in [1.82, 2.24) is 10.6 Å². The second-order valence-corrected chi connectivity index (χ2v) is 5.77. The minimum atomic E-state index is -0.315. The normalized spacial score (nSPS) is 11.2. The first kappa shape index (κ1) is 20.9. The van der Waals surface area contributed by atoms with E-state index in [4.69, 9.17) is 5.73 Å². The van der Waals surface area contributed by atoms with Crippen LogP contribution in [0.5, 0.6) is 0 Å². The summed E-state index contributed by atoms with van der Waals surface area (Å²) in [5.74, 6) is -0.229. The number of unbranched alkanes of at least 4 members (excludes halogenated alkanes) is 1. The molecule has 1 atom stereocenters. The van der Waals surface area contributed by atoms with Crippen LogP contribution >= 0.6 is 28.3 Å². The van der Waals surface area contributed by atoms with Crippen molar-refractivity contribution in [3.05, 3.63) is 34.3 Å². The van der Waals surface area contributed by atoms with E-state index in [1.807, 2.05) is 24.3 Å². The number of nitrogens with one attached hydrogen (secondary N) is 2. The minimum absolute atomic E-state index is 0. The summed E-state index contributed by atoms with van der Waals surface area (Å²) >= 11 is 3.37. The zero-order valence-corrected chi connectivity index (χ0v) is 15.0. The van der Waals surface area contributed by atoms with Crippen LogP contribution in [0.25, 0.3) is 0 Å². The van der Waals surface area contributed by atoms with E-state index in [1.165, 1.54) is 6.92 Å². The average Bonchev–Trinajstić information content (AvgIpc) is 2.43. The van der Waals surface area contributed by atoms with E-state index in [1.54, 1.807) is 0 Å². The van der Waals surface area contributed by atoms with Gasteiger partial charge in [0.05, 0.1) is 12.5 Å². The average molecular weight is 393 g/mol. The van der Waals surface area contributed by atoms with Crippen LogP contribution in [-0.2, 0) is 9.59 Å². The number of rotatable bonds is 8. The number of hydrogen-bond acceptors (Lipinski definition) is 3. The topological polar surface area (TPSA) is 84.2 Å². The molecule has 124 valence electrons. The standard InChI is InChI=1S/C15H22BrN3O2.ClH/c1-11(20)19-14(12-4-6-13(16)7-5-12)10-15(21)18-9-3-2-8-17;/h4-7,14H,2-3,8-10,17H2,1H3,(H,18,21)(H,19,20);1H. The summed E-state index contributed by atoms with van der Waals surface area (Å²) in [5, 5.41) is 5.66. The maximum absolute atomic E-state index is 11.9. The SMILES string of the molecule is CC(=O)NC(CC(=O)NCCCCN)c1ccc(Br)cc1.Cl. The van der Waals surface area contributed by atoms with Crippen molar-refractivity contribution in [2.24, 2.45) is 5.73 Å². The van der Waals surface area contributed by atoms with E-state index in [9.17, 15) is 9.59 Å². The van der Waals surface area contributed by atoms with Gasteiger partial charge in [-0.05, 0) is 37.1 Å². The highest BCUT2D eigenvalue weighted by atomic mass is 79.9. The monoisotopic (exact) mass is 391 g/mol. The van der Waals surface area contributed by atoms with Crippen LogP contribution in [0.4, 0.5) is 0 Å². The van der Waals surface area contributed by atoms with Crippen LogP contribution < -0.4 is 16.4 Å². The highest BCUT2D eigenvalue weighted by Crippen LogP contribution is 2.19. The Morgan fingerprint density at radius 3 is 2.41 bits per heavy atom. The lowest BCUT2D eigenvalue weighted by Crippen LogP contribution is -2.33. The van der Waals surface area contributed by atoms with E-state index in [0.29, 0.717) is 13.1 Å². The van der Waals surface area contributed by atoms with Crippen molar-refractivity contribution in [3.63, 3.8) is 0 Å². The van der Waals surface area contributed by atoms with E-state index in [0.717, 1.165) is 22.9 Å². The molecule has 1 aromatic rings. The number of hydrogen-bond donors (Lipinski definition) is 3. The van der Waals surface area contributed by atoms with E-state index in [-0.39, 0.29) is 36.7 Å². The quantitative estimate of drug-likeness (QED) is 0.593. The maximum Gasteiger partial charge on any atom is 0.222 e. The summed E-state index contributed by atoms with van der Waals surface area (Å²) < 4.78 is 0.957. The number of halogens is 2. The summed E-state index contributed by atoms with van der Waals surface area (Å²) in [6, 6.07) is 7.26. The van der Waals surface area contributed by atoms with Gasteiger partial charge in [-0.25, -0.2) is 0 Å². The maximum atomic E-state index is 11.9. The van der Waals surface area contributed by atoms with Crippen LogP contribution in [0.1, 0.15) is 37.8 Å². The summed E-state index contributed by atoms with van der Waals surface area (Å²) in [5.41, 5.74) is 6.31. The molecule has 1 rings (SSSR count). The third kappa shape index (κ3) is 8.36. The molecule has 1 aromatic carbocycles. The van der Waals surface area contributed by atoms with E-state index in [2.05, 4.69) is 26.6 Å². The third-order valence-corrected chi connectivity index (χ3v) is 3.52. The van der Waals surface area contributed by atoms with Crippen molar-refractivity contribution in [2.45, 2.75) is 32.2 Å². The fourth-order valence-electron chi connectivity index (χ4n) is 1.95. The lowest BCUT2D eigenvalue weighted by Gasteiger charge is -2.18. The van der Waals surface area contributed by atoms with Crippen molar-refractivity contribution in [2.75, 3.05) is 13.1 Å². The summed E-state index contributed by atoms with van der Waals surface area (Å²) in [6.45, 7) is 2.69. The molecule has 0 heterocycles. The van der Waals surface area contributed by atoms with Crippen LogP contribution in [0.3, 0.4) is 0 Å². The molecular weight excluding hydrogens is 370 g/mol. The molecular formula is C15H23BrClN3O2. The van der Waals surface area contributed by atoms with Gasteiger partial charge in [-0.3, -0.25) is 9.59 Å². The van der Waals surface area contributed by atoms with Gasteiger partial charge in [-0.2, -0.15) is 0 Å². The number of carbonyl (C=O) groups excluding carboxylic acids is 2. The lowest BCUT2D eigenvalue weighted by atomic mass is 10.0. The second-order valence-electron chi connectivity index (χ2n) is 4.85. The molecule has 4 N–H and O–H groups in total. The molecule has 0 radical (unpaired) electrons. The molecule has 2 amide bonds. The van der Waals surface area contributed by atoms with Gasteiger partial charge in [0.1, 0.15) is 0 Å². The Balaban J connectivity index is 0.00000441. The Morgan fingerprint density at radius 1 is 1.23 bits per heavy atom. The molecule has 0 aliphatic heterocycles. The molecule has 0 aromatic heterocycles. The molecule has 0 saturated heterocycles. The molecule has 0 bridgehead atoms. The Kier molecular flexibility index (Phi) is 10.9. The van der Waals surface area contributed by atoms with Gasteiger partial charge in [0.2, 0.25) is 11.8 Å². The predicted octanol–water partition coefficient (Wildman–Crippen LogP) is 2.29. The number of nitrogens with two attached hydrogens (primary N) is 1. The Hall–Kier alpha value is -1.11. The smallest absolute Gasteiger partial charge is 0.222 e. The fraction of sp³-hybridized carbons (Fsp3) is 0.467. The van der Waals surface area contributed by atoms with Gasteiger partial charge in [0.15, 0.2) is 0 Å². The Morgan fingerprint density at radius 2 is 1.86 bits per heavy atom. The highest BCUT2D eigenvalue weighted by Gasteiger charge is 2.16. The first-order chi connectivity index (χ1) is 10.0. The van der Waals surface area contributed by atoms with Gasteiger partial charge in [-0.1, -0.05) is 28.1 Å². The van der Waals surface area contributed by atoms with Crippen molar-refractivity contribution in [1.29, 1.82) is 0 Å². The second kappa shape index (κ2) is 11.5. The fourth-order valence-corrected chi connectivity index (χ4v) is 2.21. The molecule has 22 heavy (non-hydrogen) atoms. The van der Waals surface area contributed by atoms with E-state index >= 15 is 0 Å². The highest BCUT2D eigenvalue weighted by molar-refractivity contribution is 9.10. The van der Waals surface area contributed by atoms with E-state index < -0.39 is 0 Å².